The Morgan fingerprint density at radius 1 is 1.13 bits per heavy atom. The molecule has 0 amide bonds. The summed E-state index contributed by atoms with van der Waals surface area (Å²) in [5.41, 5.74) is 4.39. The van der Waals surface area contributed by atoms with E-state index in [1.165, 1.54) is 11.1 Å². The third-order valence-electron chi connectivity index (χ3n) is 4.09. The highest BCUT2D eigenvalue weighted by Gasteiger charge is 2.15. The second kappa shape index (κ2) is 6.42. The van der Waals surface area contributed by atoms with Gasteiger partial charge in [0, 0.05) is 0 Å². The lowest BCUT2D eigenvalue weighted by molar-refractivity contribution is 0.181. The number of imidazole rings is 1. The van der Waals surface area contributed by atoms with E-state index in [4.69, 9.17) is 4.74 Å². The minimum atomic E-state index is -0.611. The van der Waals surface area contributed by atoms with Crippen LogP contribution in [0, 0.1) is 13.8 Å². The van der Waals surface area contributed by atoms with Crippen LogP contribution in [0.15, 0.2) is 42.5 Å². The molecule has 1 N–H and O–H groups in total. The smallest absolute Gasteiger partial charge is 0.138 e. The minimum Gasteiger partial charge on any atom is -0.492 e. The van der Waals surface area contributed by atoms with Crippen molar-refractivity contribution in [2.45, 2.75) is 33.4 Å². The van der Waals surface area contributed by atoms with Crippen LogP contribution in [0.3, 0.4) is 0 Å². The Kier molecular flexibility index (Phi) is 4.35. The summed E-state index contributed by atoms with van der Waals surface area (Å²) in [6.45, 7) is 7.09. The number of ether oxygens (including phenoxy) is 1. The molecule has 0 radical (unpaired) electrons. The molecular formula is C19H22N2O2. The van der Waals surface area contributed by atoms with Crippen LogP contribution in [0.4, 0.5) is 0 Å². The van der Waals surface area contributed by atoms with Crippen molar-refractivity contribution in [3.8, 4) is 5.75 Å². The summed E-state index contributed by atoms with van der Waals surface area (Å²) in [5, 5.41) is 10.0. The monoisotopic (exact) mass is 310 g/mol. The van der Waals surface area contributed by atoms with Gasteiger partial charge < -0.3 is 14.4 Å². The first kappa shape index (κ1) is 15.6. The zero-order valence-electron chi connectivity index (χ0n) is 13.8. The number of nitrogens with zero attached hydrogens (tertiary/aromatic N) is 2. The van der Waals surface area contributed by atoms with Gasteiger partial charge in [-0.05, 0) is 56.2 Å². The molecule has 2 aromatic carbocycles. The molecule has 3 aromatic rings. The fraction of sp³-hybridized carbons (Fsp3) is 0.316. The van der Waals surface area contributed by atoms with Crippen molar-refractivity contribution in [3.63, 3.8) is 0 Å². The first-order valence-electron chi connectivity index (χ1n) is 7.89. The summed E-state index contributed by atoms with van der Waals surface area (Å²) in [5.74, 6) is 1.53. The van der Waals surface area contributed by atoms with Crippen LogP contribution in [0.5, 0.6) is 5.75 Å². The molecule has 3 rings (SSSR count). The number of hydrogen-bond donors (Lipinski definition) is 1. The van der Waals surface area contributed by atoms with Gasteiger partial charge >= 0.3 is 0 Å². The van der Waals surface area contributed by atoms with E-state index < -0.39 is 6.10 Å². The molecule has 0 spiro atoms. The molecule has 1 heterocycles. The number of fused-ring (bicyclic) bond motifs is 1. The Labute approximate surface area is 136 Å². The number of aryl methyl sites for hydroxylation is 2. The zero-order chi connectivity index (χ0) is 16.4. The topological polar surface area (TPSA) is 47.3 Å². The molecule has 1 unspecified atom stereocenters. The van der Waals surface area contributed by atoms with Crippen molar-refractivity contribution in [3.05, 3.63) is 59.4 Å². The summed E-state index contributed by atoms with van der Waals surface area (Å²) >= 11 is 0. The van der Waals surface area contributed by atoms with Crippen LogP contribution in [-0.4, -0.2) is 21.3 Å². The molecule has 23 heavy (non-hydrogen) atoms. The van der Waals surface area contributed by atoms with Gasteiger partial charge in [-0.15, -0.1) is 0 Å². The molecule has 0 bridgehead atoms. The molecule has 0 aliphatic carbocycles. The normalized spacial score (nSPS) is 12.5. The zero-order valence-corrected chi connectivity index (χ0v) is 13.8. The van der Waals surface area contributed by atoms with Crippen LogP contribution < -0.4 is 4.74 Å². The first-order chi connectivity index (χ1) is 11.1. The maximum Gasteiger partial charge on any atom is 0.138 e. The van der Waals surface area contributed by atoms with Gasteiger partial charge in [0.15, 0.2) is 0 Å². The van der Waals surface area contributed by atoms with Crippen molar-refractivity contribution in [2.24, 2.45) is 0 Å². The molecule has 0 aliphatic rings. The van der Waals surface area contributed by atoms with Crippen LogP contribution in [0.25, 0.3) is 11.0 Å². The Morgan fingerprint density at radius 3 is 2.52 bits per heavy atom. The van der Waals surface area contributed by atoms with Gasteiger partial charge in [-0.3, -0.25) is 0 Å². The van der Waals surface area contributed by atoms with E-state index in [0.29, 0.717) is 19.0 Å². The highest BCUT2D eigenvalue weighted by atomic mass is 16.5. The molecule has 1 atom stereocenters. The van der Waals surface area contributed by atoms with Gasteiger partial charge in [0.1, 0.15) is 24.3 Å². The number of hydrogen-bond acceptors (Lipinski definition) is 3. The summed E-state index contributed by atoms with van der Waals surface area (Å²) in [6, 6.07) is 14.0. The lowest BCUT2D eigenvalue weighted by atomic mass is 10.1. The highest BCUT2D eigenvalue weighted by Crippen LogP contribution is 2.24. The maximum atomic E-state index is 10.0. The SMILES string of the molecule is Cc1cc2nc(C(C)O)n(CCOc3ccccc3)c2cc1C. The van der Waals surface area contributed by atoms with Crippen molar-refractivity contribution in [1.82, 2.24) is 9.55 Å². The minimum absolute atomic E-state index is 0.530. The van der Waals surface area contributed by atoms with Gasteiger partial charge in [-0.25, -0.2) is 4.98 Å². The number of aliphatic hydroxyl groups is 1. The Balaban J connectivity index is 1.88. The second-order valence-corrected chi connectivity index (χ2v) is 5.88. The standard InChI is InChI=1S/C19H22N2O2/c1-13-11-17-18(12-14(13)2)21(19(20-17)15(3)22)9-10-23-16-7-5-4-6-8-16/h4-8,11-12,15,22H,9-10H2,1-3H3. The quantitative estimate of drug-likeness (QED) is 0.780. The number of aliphatic hydroxyl groups excluding tert-OH is 1. The van der Waals surface area contributed by atoms with E-state index in [0.717, 1.165) is 16.8 Å². The molecule has 0 fully saturated rings. The number of benzene rings is 2. The molecular weight excluding hydrogens is 288 g/mol. The number of rotatable bonds is 5. The molecule has 1 aromatic heterocycles. The predicted molar refractivity (Wildman–Crippen MR) is 91.8 cm³/mol. The molecule has 4 heteroatoms. The molecule has 120 valence electrons. The lowest BCUT2D eigenvalue weighted by Crippen LogP contribution is -2.12. The van der Waals surface area contributed by atoms with E-state index in [2.05, 4.69) is 35.5 Å². The lowest BCUT2D eigenvalue weighted by Gasteiger charge is -2.12. The van der Waals surface area contributed by atoms with Crippen molar-refractivity contribution >= 4 is 11.0 Å². The third-order valence-corrected chi connectivity index (χ3v) is 4.09. The van der Waals surface area contributed by atoms with Gasteiger partial charge in [0.05, 0.1) is 17.6 Å². The van der Waals surface area contributed by atoms with E-state index >= 15 is 0 Å². The summed E-state index contributed by atoms with van der Waals surface area (Å²) in [6.07, 6.45) is -0.611. The van der Waals surface area contributed by atoms with Crippen LogP contribution >= 0.6 is 0 Å². The van der Waals surface area contributed by atoms with Crippen molar-refractivity contribution < 1.29 is 9.84 Å². The van der Waals surface area contributed by atoms with E-state index in [9.17, 15) is 5.11 Å². The Bertz CT molecular complexity index is 807. The van der Waals surface area contributed by atoms with E-state index in [1.807, 2.05) is 30.3 Å². The van der Waals surface area contributed by atoms with Gasteiger partial charge in [0.2, 0.25) is 0 Å². The predicted octanol–water partition coefficient (Wildman–Crippen LogP) is 3.79. The van der Waals surface area contributed by atoms with Crippen LogP contribution in [0.1, 0.15) is 30.0 Å². The van der Waals surface area contributed by atoms with Crippen LogP contribution in [-0.2, 0) is 6.54 Å². The van der Waals surface area contributed by atoms with Gasteiger partial charge in [-0.1, -0.05) is 18.2 Å². The Hall–Kier alpha value is -2.33. The molecule has 0 aliphatic heterocycles. The third kappa shape index (κ3) is 3.22. The second-order valence-electron chi connectivity index (χ2n) is 5.88. The average molecular weight is 310 g/mol. The largest absolute Gasteiger partial charge is 0.492 e. The number of para-hydroxylation sites is 1. The van der Waals surface area contributed by atoms with Crippen molar-refractivity contribution in [2.75, 3.05) is 6.61 Å². The summed E-state index contributed by atoms with van der Waals surface area (Å²) < 4.78 is 7.84. The fourth-order valence-electron chi connectivity index (χ4n) is 2.72. The average Bonchev–Trinajstić information content (AvgIpc) is 2.87. The highest BCUT2D eigenvalue weighted by molar-refractivity contribution is 5.78. The summed E-state index contributed by atoms with van der Waals surface area (Å²) in [7, 11) is 0. The molecule has 0 saturated heterocycles. The van der Waals surface area contributed by atoms with Gasteiger partial charge in [0.25, 0.3) is 0 Å². The molecule has 0 saturated carbocycles. The number of aromatic nitrogens is 2. The summed E-state index contributed by atoms with van der Waals surface area (Å²) in [4.78, 5) is 4.60. The van der Waals surface area contributed by atoms with E-state index in [1.54, 1.807) is 6.92 Å². The maximum absolute atomic E-state index is 10.0. The van der Waals surface area contributed by atoms with Crippen molar-refractivity contribution in [1.29, 1.82) is 0 Å². The van der Waals surface area contributed by atoms with Gasteiger partial charge in [-0.2, -0.15) is 0 Å². The Morgan fingerprint density at radius 2 is 1.83 bits per heavy atom. The van der Waals surface area contributed by atoms with E-state index in [-0.39, 0.29) is 0 Å². The molecule has 4 nitrogen and oxygen atoms in total. The fourth-order valence-corrected chi connectivity index (χ4v) is 2.72. The van der Waals surface area contributed by atoms with Crippen LogP contribution in [0.2, 0.25) is 0 Å². The first-order valence-corrected chi connectivity index (χ1v) is 7.89.